The highest BCUT2D eigenvalue weighted by atomic mass is 16.6. The van der Waals surface area contributed by atoms with E-state index in [-0.39, 0.29) is 12.8 Å². The summed E-state index contributed by atoms with van der Waals surface area (Å²) in [7, 11) is 0. The molecule has 5 heteroatoms. The van der Waals surface area contributed by atoms with Crippen molar-refractivity contribution in [1.82, 2.24) is 0 Å². The lowest BCUT2D eigenvalue weighted by molar-refractivity contribution is -0.167. The third-order valence-electron chi connectivity index (χ3n) is 1.28. The normalized spacial score (nSPS) is 9.08. The quantitative estimate of drug-likeness (QED) is 0.351. The van der Waals surface area contributed by atoms with Crippen molar-refractivity contribution in [3.05, 3.63) is 0 Å². The Balaban J connectivity index is 4.15. The van der Waals surface area contributed by atoms with Gasteiger partial charge >= 0.3 is 11.9 Å². The van der Waals surface area contributed by atoms with E-state index >= 15 is 0 Å². The molecule has 0 saturated heterocycles. The van der Waals surface area contributed by atoms with E-state index < -0.39 is 23.5 Å². The molecule has 0 radical (unpaired) electrons. The van der Waals surface area contributed by atoms with Crippen molar-refractivity contribution in [3.8, 4) is 0 Å². The number of carbonyl (C=O) groups is 4. The molecule has 0 aliphatic carbocycles. The zero-order valence-corrected chi connectivity index (χ0v) is 7.46. The van der Waals surface area contributed by atoms with Crippen molar-refractivity contribution in [2.75, 3.05) is 0 Å². The Morgan fingerprint density at radius 3 is 1.38 bits per heavy atom. The Morgan fingerprint density at radius 2 is 1.15 bits per heavy atom. The predicted octanol–water partition coefficient (Wildman–Crippen LogP) is 0.0144. The average molecular weight is 186 g/mol. The van der Waals surface area contributed by atoms with Crippen LogP contribution < -0.4 is 0 Å². The number of ether oxygens (including phenoxy) is 1. The maximum absolute atomic E-state index is 10.7. The van der Waals surface area contributed by atoms with Crippen molar-refractivity contribution in [2.24, 2.45) is 0 Å². The highest BCUT2D eigenvalue weighted by Crippen LogP contribution is 1.91. The number of rotatable bonds is 4. The number of Topliss-reactive ketones (excluding diaryl/α,β-unsaturated/α-hetero) is 2. The molecule has 0 aromatic carbocycles. The Bertz CT molecular complexity index is 227. The van der Waals surface area contributed by atoms with Crippen LogP contribution in [0, 0.1) is 0 Å². The molecule has 0 N–H and O–H groups in total. The van der Waals surface area contributed by atoms with Crippen LogP contribution in [-0.2, 0) is 23.9 Å². The highest BCUT2D eigenvalue weighted by Gasteiger charge is 2.21. The van der Waals surface area contributed by atoms with Crippen LogP contribution in [0.3, 0.4) is 0 Å². The number of ketones is 2. The molecule has 13 heavy (non-hydrogen) atoms. The molecule has 0 spiro atoms. The van der Waals surface area contributed by atoms with Crippen molar-refractivity contribution in [2.45, 2.75) is 26.7 Å². The van der Waals surface area contributed by atoms with Crippen molar-refractivity contribution >= 4 is 23.5 Å². The summed E-state index contributed by atoms with van der Waals surface area (Å²) in [6.45, 7) is 2.91. The van der Waals surface area contributed by atoms with E-state index in [4.69, 9.17) is 0 Å². The molecule has 0 atom stereocenters. The Labute approximate surface area is 75.1 Å². The minimum Gasteiger partial charge on any atom is -0.381 e. The molecule has 0 rings (SSSR count). The molecule has 0 heterocycles. The molecular weight excluding hydrogens is 176 g/mol. The van der Waals surface area contributed by atoms with Gasteiger partial charge < -0.3 is 4.74 Å². The van der Waals surface area contributed by atoms with E-state index in [2.05, 4.69) is 4.74 Å². The van der Waals surface area contributed by atoms with Gasteiger partial charge in [-0.05, 0) is 0 Å². The fraction of sp³-hybridized carbons (Fsp3) is 0.500. The van der Waals surface area contributed by atoms with Gasteiger partial charge in [0.1, 0.15) is 0 Å². The lowest BCUT2D eigenvalue weighted by Gasteiger charge is -1.97. The van der Waals surface area contributed by atoms with Crippen LogP contribution in [0.2, 0.25) is 0 Å². The van der Waals surface area contributed by atoms with E-state index in [0.717, 1.165) is 0 Å². The first-order valence-electron chi connectivity index (χ1n) is 3.85. The van der Waals surface area contributed by atoms with Gasteiger partial charge in [-0.2, -0.15) is 0 Å². The predicted molar refractivity (Wildman–Crippen MR) is 41.7 cm³/mol. The first-order chi connectivity index (χ1) is 6.02. The SMILES string of the molecule is CCC(=O)C(=O)OC(=O)C(=O)CC. The van der Waals surface area contributed by atoms with Gasteiger partial charge in [0.25, 0.3) is 0 Å². The second-order valence-electron chi connectivity index (χ2n) is 2.23. The Kier molecular flexibility index (Phi) is 4.58. The minimum absolute atomic E-state index is 0.0492. The molecule has 5 nitrogen and oxygen atoms in total. The summed E-state index contributed by atoms with van der Waals surface area (Å²) < 4.78 is 3.98. The average Bonchev–Trinajstić information content (AvgIpc) is 2.14. The molecule has 0 bridgehead atoms. The number of esters is 2. The van der Waals surface area contributed by atoms with Gasteiger partial charge in [-0.15, -0.1) is 0 Å². The monoisotopic (exact) mass is 186 g/mol. The fourth-order valence-corrected chi connectivity index (χ4v) is 0.487. The summed E-state index contributed by atoms with van der Waals surface area (Å²) in [6.07, 6.45) is -0.0984. The van der Waals surface area contributed by atoms with Crippen LogP contribution in [-0.4, -0.2) is 23.5 Å². The standard InChI is InChI=1S/C8H10O5/c1-3-5(9)7(11)13-8(12)6(10)4-2/h3-4H2,1-2H3. The van der Waals surface area contributed by atoms with Crippen molar-refractivity contribution in [3.63, 3.8) is 0 Å². The third kappa shape index (κ3) is 3.59. The molecule has 0 amide bonds. The van der Waals surface area contributed by atoms with Crippen molar-refractivity contribution < 1.29 is 23.9 Å². The molecule has 0 fully saturated rings. The number of carbonyl (C=O) groups excluding carboxylic acids is 4. The Hall–Kier alpha value is -1.52. The van der Waals surface area contributed by atoms with Gasteiger partial charge in [0.15, 0.2) is 0 Å². The summed E-state index contributed by atoms with van der Waals surface area (Å²) >= 11 is 0. The maximum atomic E-state index is 10.7. The number of hydrogen-bond acceptors (Lipinski definition) is 5. The summed E-state index contributed by atoms with van der Waals surface area (Å²) in [5.41, 5.74) is 0. The number of hydrogen-bond donors (Lipinski definition) is 0. The minimum atomic E-state index is -1.27. The summed E-state index contributed by atoms with van der Waals surface area (Å²) in [5, 5.41) is 0. The van der Waals surface area contributed by atoms with Gasteiger partial charge in [-0.1, -0.05) is 13.8 Å². The largest absolute Gasteiger partial charge is 0.382 e. The van der Waals surface area contributed by atoms with Gasteiger partial charge in [-0.3, -0.25) is 9.59 Å². The molecule has 0 aliphatic heterocycles. The smallest absolute Gasteiger partial charge is 0.381 e. The third-order valence-corrected chi connectivity index (χ3v) is 1.28. The van der Waals surface area contributed by atoms with Crippen LogP contribution in [0.5, 0.6) is 0 Å². The van der Waals surface area contributed by atoms with Gasteiger partial charge in [0, 0.05) is 12.8 Å². The summed E-state index contributed by atoms with van der Waals surface area (Å²) in [5.74, 6) is -4.18. The van der Waals surface area contributed by atoms with E-state index in [1.165, 1.54) is 13.8 Å². The molecule has 0 aromatic rings. The van der Waals surface area contributed by atoms with Crippen LogP contribution in [0.4, 0.5) is 0 Å². The first kappa shape index (κ1) is 11.5. The fourth-order valence-electron chi connectivity index (χ4n) is 0.487. The molecule has 0 aromatic heterocycles. The topological polar surface area (TPSA) is 77.5 Å². The van der Waals surface area contributed by atoms with Crippen LogP contribution >= 0.6 is 0 Å². The lowest BCUT2D eigenvalue weighted by Crippen LogP contribution is -2.25. The molecule has 0 unspecified atom stereocenters. The molecule has 72 valence electrons. The summed E-state index contributed by atoms with van der Waals surface area (Å²) in [6, 6.07) is 0. The van der Waals surface area contributed by atoms with E-state index in [1.807, 2.05) is 0 Å². The first-order valence-corrected chi connectivity index (χ1v) is 3.85. The molecule has 0 aliphatic rings. The Morgan fingerprint density at radius 1 is 0.846 bits per heavy atom. The van der Waals surface area contributed by atoms with E-state index in [0.29, 0.717) is 0 Å². The van der Waals surface area contributed by atoms with Crippen LogP contribution in [0.25, 0.3) is 0 Å². The summed E-state index contributed by atoms with van der Waals surface area (Å²) in [4.78, 5) is 42.6. The van der Waals surface area contributed by atoms with Crippen LogP contribution in [0.15, 0.2) is 0 Å². The second-order valence-corrected chi connectivity index (χ2v) is 2.23. The van der Waals surface area contributed by atoms with Crippen LogP contribution in [0.1, 0.15) is 26.7 Å². The molecular formula is C8H10O5. The second kappa shape index (κ2) is 5.18. The zero-order valence-electron chi connectivity index (χ0n) is 7.46. The van der Waals surface area contributed by atoms with Gasteiger partial charge in [-0.25, -0.2) is 9.59 Å². The van der Waals surface area contributed by atoms with E-state index in [1.54, 1.807) is 0 Å². The lowest BCUT2D eigenvalue weighted by atomic mass is 10.3. The van der Waals surface area contributed by atoms with E-state index in [9.17, 15) is 19.2 Å². The van der Waals surface area contributed by atoms with Gasteiger partial charge in [0.2, 0.25) is 11.6 Å². The van der Waals surface area contributed by atoms with Gasteiger partial charge in [0.05, 0.1) is 0 Å². The van der Waals surface area contributed by atoms with Crippen molar-refractivity contribution in [1.29, 1.82) is 0 Å². The maximum Gasteiger partial charge on any atom is 0.382 e. The highest BCUT2D eigenvalue weighted by molar-refractivity contribution is 6.42. The zero-order chi connectivity index (χ0) is 10.4. The molecule has 0 saturated carbocycles.